The molecule has 0 aliphatic heterocycles. The Balaban J connectivity index is 2.18. The number of hydrogen-bond donors (Lipinski definition) is 3. The second kappa shape index (κ2) is 4.73. The summed E-state index contributed by atoms with van der Waals surface area (Å²) in [7, 11) is 0. The van der Waals surface area contributed by atoms with Crippen LogP contribution in [0.5, 0.6) is 0 Å². The lowest BCUT2D eigenvalue weighted by molar-refractivity contribution is 0.262. The third kappa shape index (κ3) is 2.34. The van der Waals surface area contributed by atoms with Crippen molar-refractivity contribution in [3.63, 3.8) is 0 Å². The van der Waals surface area contributed by atoms with Gasteiger partial charge < -0.3 is 15.9 Å². The number of allylic oxidation sites excluding steroid dienone is 2. The topological polar surface area (TPSA) is 67.9 Å². The molecule has 0 aromatic carbocycles. The first-order valence-corrected chi connectivity index (χ1v) is 6.50. The molecule has 2 rings (SSSR count). The Kier molecular flexibility index (Phi) is 3.48. The highest BCUT2D eigenvalue weighted by atomic mass is 16.3. The summed E-state index contributed by atoms with van der Waals surface area (Å²) in [6, 6.07) is 0. The number of aliphatic hydroxyl groups excluding tert-OH is 1. The smallest absolute Gasteiger partial charge is 0.0464 e. The van der Waals surface area contributed by atoms with Gasteiger partial charge in [-0.1, -0.05) is 0 Å². The number of aliphatic hydroxyl groups is 1. The molecule has 1 saturated carbocycles. The molecule has 0 saturated heterocycles. The molecule has 0 spiro atoms. The average molecular weight is 234 g/mol. The zero-order chi connectivity index (χ0) is 12.6. The van der Waals surface area contributed by atoms with Gasteiger partial charge in [0.25, 0.3) is 0 Å². The highest BCUT2D eigenvalue weighted by molar-refractivity contribution is 6.06. The number of rotatable bonds is 3. The van der Waals surface area contributed by atoms with E-state index >= 15 is 0 Å². The van der Waals surface area contributed by atoms with Crippen LogP contribution in [0.2, 0.25) is 0 Å². The average Bonchev–Trinajstić information content (AvgIpc) is 2.88. The molecule has 0 aromatic heterocycles. The van der Waals surface area contributed by atoms with Gasteiger partial charge >= 0.3 is 0 Å². The number of nitrogens with one attached hydrogen (secondary N) is 2. The first kappa shape index (κ1) is 12.5. The Bertz CT molecular complexity index is 350. The SMILES string of the molecule is CC(=N)/C1=C(\C(C)=N)CCC2C(CO)C2CC1. The van der Waals surface area contributed by atoms with Gasteiger partial charge in [-0.15, -0.1) is 0 Å². The van der Waals surface area contributed by atoms with E-state index in [9.17, 15) is 5.11 Å². The predicted molar refractivity (Wildman–Crippen MR) is 69.9 cm³/mol. The number of fused-ring (bicyclic) bond motifs is 1. The minimum Gasteiger partial charge on any atom is -0.396 e. The zero-order valence-corrected chi connectivity index (χ0v) is 10.7. The van der Waals surface area contributed by atoms with Crippen LogP contribution in [0.1, 0.15) is 39.5 Å². The summed E-state index contributed by atoms with van der Waals surface area (Å²) in [4.78, 5) is 0. The van der Waals surface area contributed by atoms with Crippen LogP contribution >= 0.6 is 0 Å². The molecule has 2 aliphatic rings. The highest BCUT2D eigenvalue weighted by Gasteiger charge is 2.48. The van der Waals surface area contributed by atoms with Gasteiger partial charge in [0.05, 0.1) is 0 Å². The lowest BCUT2D eigenvalue weighted by atomic mass is 9.89. The van der Waals surface area contributed by atoms with Crippen LogP contribution in [0.3, 0.4) is 0 Å². The van der Waals surface area contributed by atoms with Crippen LogP contribution < -0.4 is 0 Å². The fraction of sp³-hybridized carbons (Fsp3) is 0.714. The van der Waals surface area contributed by atoms with Gasteiger partial charge in [-0.2, -0.15) is 0 Å². The molecule has 94 valence electrons. The first-order valence-electron chi connectivity index (χ1n) is 6.50. The van der Waals surface area contributed by atoms with Gasteiger partial charge in [-0.3, -0.25) is 0 Å². The van der Waals surface area contributed by atoms with E-state index in [1.54, 1.807) is 0 Å². The predicted octanol–water partition coefficient (Wildman–Crippen LogP) is 2.79. The lowest BCUT2D eigenvalue weighted by Crippen LogP contribution is -2.10. The van der Waals surface area contributed by atoms with Crippen molar-refractivity contribution in [1.29, 1.82) is 10.8 Å². The summed E-state index contributed by atoms with van der Waals surface area (Å²) in [5.41, 5.74) is 3.40. The Morgan fingerprint density at radius 2 is 1.47 bits per heavy atom. The molecule has 3 nitrogen and oxygen atoms in total. The Morgan fingerprint density at radius 1 is 1.06 bits per heavy atom. The largest absolute Gasteiger partial charge is 0.396 e. The van der Waals surface area contributed by atoms with Gasteiger partial charge in [-0.05, 0) is 68.4 Å². The van der Waals surface area contributed by atoms with Gasteiger partial charge in [0.1, 0.15) is 0 Å². The maximum atomic E-state index is 9.27. The van der Waals surface area contributed by atoms with Gasteiger partial charge in [-0.25, -0.2) is 0 Å². The van der Waals surface area contributed by atoms with Gasteiger partial charge in [0, 0.05) is 18.0 Å². The third-order valence-corrected chi connectivity index (χ3v) is 4.44. The first-order chi connectivity index (χ1) is 8.06. The maximum absolute atomic E-state index is 9.27. The van der Waals surface area contributed by atoms with E-state index in [0.717, 1.165) is 36.8 Å². The summed E-state index contributed by atoms with van der Waals surface area (Å²) in [5, 5.41) is 25.0. The van der Waals surface area contributed by atoms with E-state index in [-0.39, 0.29) is 0 Å². The van der Waals surface area contributed by atoms with E-state index in [4.69, 9.17) is 10.8 Å². The summed E-state index contributed by atoms with van der Waals surface area (Å²) >= 11 is 0. The monoisotopic (exact) mass is 234 g/mol. The van der Waals surface area contributed by atoms with Crippen LogP contribution in [0.25, 0.3) is 0 Å². The van der Waals surface area contributed by atoms with E-state index in [2.05, 4.69) is 0 Å². The Hall–Kier alpha value is -0.960. The minimum absolute atomic E-state index is 0.313. The third-order valence-electron chi connectivity index (χ3n) is 4.44. The summed E-state index contributed by atoms with van der Waals surface area (Å²) in [6.45, 7) is 3.97. The molecule has 2 aliphatic carbocycles. The molecule has 0 amide bonds. The van der Waals surface area contributed by atoms with Crippen molar-refractivity contribution < 1.29 is 5.11 Å². The van der Waals surface area contributed by atoms with Crippen molar-refractivity contribution in [2.24, 2.45) is 17.8 Å². The fourth-order valence-corrected chi connectivity index (χ4v) is 3.40. The molecule has 2 atom stereocenters. The van der Waals surface area contributed by atoms with Crippen molar-refractivity contribution in [3.05, 3.63) is 11.1 Å². The summed E-state index contributed by atoms with van der Waals surface area (Å²) in [6.07, 6.45) is 3.99. The second-order valence-electron chi connectivity index (χ2n) is 5.46. The van der Waals surface area contributed by atoms with Crippen molar-refractivity contribution in [3.8, 4) is 0 Å². The van der Waals surface area contributed by atoms with E-state index in [1.165, 1.54) is 0 Å². The Labute approximate surface area is 103 Å². The molecule has 0 bridgehead atoms. The number of hydrogen-bond acceptors (Lipinski definition) is 3. The summed E-state index contributed by atoms with van der Waals surface area (Å²) in [5.74, 6) is 1.83. The van der Waals surface area contributed by atoms with E-state index in [0.29, 0.717) is 35.8 Å². The normalized spacial score (nSPS) is 36.8. The van der Waals surface area contributed by atoms with Crippen LogP contribution in [-0.2, 0) is 0 Å². The van der Waals surface area contributed by atoms with E-state index in [1.807, 2.05) is 13.8 Å². The maximum Gasteiger partial charge on any atom is 0.0464 e. The molecule has 1 fully saturated rings. The van der Waals surface area contributed by atoms with E-state index < -0.39 is 0 Å². The molecular weight excluding hydrogens is 212 g/mol. The molecule has 2 unspecified atom stereocenters. The quantitative estimate of drug-likeness (QED) is 0.646. The van der Waals surface area contributed by atoms with Crippen LogP contribution in [0.4, 0.5) is 0 Å². The molecule has 0 aromatic rings. The van der Waals surface area contributed by atoms with Crippen molar-refractivity contribution >= 4 is 11.4 Å². The standard InChI is InChI=1S/C14H22N2O/c1-8(15)10-3-5-12-13(14(12)7-17)6-4-11(10)9(2)16/h12-17H,3-7H2,1-2H3/b11-10-,15-8?,16-9?. The van der Waals surface area contributed by atoms with Crippen molar-refractivity contribution in [1.82, 2.24) is 0 Å². The van der Waals surface area contributed by atoms with Crippen molar-refractivity contribution in [2.45, 2.75) is 39.5 Å². The molecule has 17 heavy (non-hydrogen) atoms. The van der Waals surface area contributed by atoms with Crippen LogP contribution in [0.15, 0.2) is 11.1 Å². The van der Waals surface area contributed by atoms with Crippen LogP contribution in [0, 0.1) is 28.6 Å². The zero-order valence-electron chi connectivity index (χ0n) is 10.7. The molecular formula is C14H22N2O. The summed E-state index contributed by atoms with van der Waals surface area (Å²) < 4.78 is 0. The highest BCUT2D eigenvalue weighted by Crippen LogP contribution is 2.53. The molecule has 0 radical (unpaired) electrons. The fourth-order valence-electron chi connectivity index (χ4n) is 3.40. The molecule has 3 heteroatoms. The second-order valence-corrected chi connectivity index (χ2v) is 5.46. The van der Waals surface area contributed by atoms with Gasteiger partial charge in [0.15, 0.2) is 0 Å². The molecule has 3 N–H and O–H groups in total. The van der Waals surface area contributed by atoms with Crippen LogP contribution in [-0.4, -0.2) is 23.1 Å². The Morgan fingerprint density at radius 3 is 1.76 bits per heavy atom. The lowest BCUT2D eigenvalue weighted by Gasteiger charge is -2.16. The minimum atomic E-state index is 0.313. The van der Waals surface area contributed by atoms with Gasteiger partial charge in [0.2, 0.25) is 0 Å². The molecule has 0 heterocycles. The van der Waals surface area contributed by atoms with Crippen molar-refractivity contribution in [2.75, 3.05) is 6.61 Å².